The number of halogens is 1. The van der Waals surface area contributed by atoms with Gasteiger partial charge in [0.15, 0.2) is 0 Å². The maximum absolute atomic E-state index is 12.5. The van der Waals surface area contributed by atoms with Gasteiger partial charge < -0.3 is 14.8 Å². The van der Waals surface area contributed by atoms with Gasteiger partial charge in [-0.1, -0.05) is 0 Å². The van der Waals surface area contributed by atoms with Crippen LogP contribution in [0.1, 0.15) is 36.8 Å². The highest BCUT2D eigenvalue weighted by atomic mass is 79.9. The van der Waals surface area contributed by atoms with E-state index in [9.17, 15) is 4.79 Å². The van der Waals surface area contributed by atoms with Gasteiger partial charge >= 0.3 is 0 Å². The summed E-state index contributed by atoms with van der Waals surface area (Å²) in [5.41, 5.74) is 0.777. The van der Waals surface area contributed by atoms with Crippen molar-refractivity contribution in [2.24, 2.45) is 0 Å². The zero-order chi connectivity index (χ0) is 13.1. The Morgan fingerprint density at radius 3 is 2.89 bits per heavy atom. The molecule has 100 valence electrons. The molecule has 0 aromatic carbocycles. The van der Waals surface area contributed by atoms with Crippen LogP contribution >= 0.6 is 15.9 Å². The maximum Gasteiger partial charge on any atom is 0.270 e. The lowest BCUT2D eigenvalue weighted by Gasteiger charge is -2.22. The molecular weight excluding hydrogens is 294 g/mol. The van der Waals surface area contributed by atoms with Crippen LogP contribution in [0.5, 0.6) is 0 Å². The summed E-state index contributed by atoms with van der Waals surface area (Å²) in [5, 5.41) is 3.32. The first-order chi connectivity index (χ1) is 8.59. The standard InChI is InChI=1S/C13H20BrN3O/c1-10(2)17-9-11(14)8-12(17)13(18)16-6-3-4-15-5-7-16/h8-10,15H,3-7H2,1-2H3. The Morgan fingerprint density at radius 2 is 2.17 bits per heavy atom. The van der Waals surface area contributed by atoms with Gasteiger partial charge in [-0.05, 0) is 48.8 Å². The van der Waals surface area contributed by atoms with E-state index in [-0.39, 0.29) is 5.91 Å². The summed E-state index contributed by atoms with van der Waals surface area (Å²) in [5.74, 6) is 0.137. The minimum absolute atomic E-state index is 0.137. The first-order valence-electron chi connectivity index (χ1n) is 6.47. The Kier molecular flexibility index (Phi) is 4.45. The number of carbonyl (C=O) groups excluding carboxylic acids is 1. The molecule has 18 heavy (non-hydrogen) atoms. The van der Waals surface area contributed by atoms with E-state index in [2.05, 4.69) is 35.1 Å². The van der Waals surface area contributed by atoms with E-state index in [0.29, 0.717) is 6.04 Å². The predicted molar refractivity (Wildman–Crippen MR) is 75.9 cm³/mol. The zero-order valence-corrected chi connectivity index (χ0v) is 12.5. The summed E-state index contributed by atoms with van der Waals surface area (Å²) in [6.07, 6.45) is 3.00. The minimum Gasteiger partial charge on any atom is -0.340 e. The van der Waals surface area contributed by atoms with E-state index < -0.39 is 0 Å². The lowest BCUT2D eigenvalue weighted by atomic mass is 10.3. The molecule has 2 heterocycles. The lowest BCUT2D eigenvalue weighted by Crippen LogP contribution is -2.35. The molecule has 2 rings (SSSR count). The second kappa shape index (κ2) is 5.89. The fourth-order valence-corrected chi connectivity index (χ4v) is 2.69. The Balaban J connectivity index is 2.21. The van der Waals surface area contributed by atoms with Crippen LogP contribution in [0, 0.1) is 0 Å². The van der Waals surface area contributed by atoms with Crippen molar-refractivity contribution < 1.29 is 4.79 Å². The number of aromatic nitrogens is 1. The second-order valence-electron chi connectivity index (χ2n) is 4.94. The molecule has 1 fully saturated rings. The summed E-state index contributed by atoms with van der Waals surface area (Å²) in [6, 6.07) is 2.21. The summed E-state index contributed by atoms with van der Waals surface area (Å²) in [7, 11) is 0. The normalized spacial score (nSPS) is 17.0. The van der Waals surface area contributed by atoms with E-state index in [1.54, 1.807) is 0 Å². The Bertz CT molecular complexity index is 420. The van der Waals surface area contributed by atoms with E-state index in [1.807, 2.05) is 21.7 Å². The number of nitrogens with one attached hydrogen (secondary N) is 1. The van der Waals surface area contributed by atoms with Gasteiger partial charge in [-0.25, -0.2) is 0 Å². The van der Waals surface area contributed by atoms with Crippen LogP contribution in [0.3, 0.4) is 0 Å². The number of hydrogen-bond acceptors (Lipinski definition) is 2. The average Bonchev–Trinajstić information content (AvgIpc) is 2.56. The molecular formula is C13H20BrN3O. The summed E-state index contributed by atoms with van der Waals surface area (Å²) in [4.78, 5) is 14.5. The summed E-state index contributed by atoms with van der Waals surface area (Å²) in [6.45, 7) is 7.70. The highest BCUT2D eigenvalue weighted by Gasteiger charge is 2.21. The van der Waals surface area contributed by atoms with E-state index in [1.165, 1.54) is 0 Å². The van der Waals surface area contributed by atoms with Crippen LogP contribution in [0.15, 0.2) is 16.7 Å². The SMILES string of the molecule is CC(C)n1cc(Br)cc1C(=O)N1CCCNCC1. The van der Waals surface area contributed by atoms with Gasteiger partial charge in [-0.3, -0.25) is 4.79 Å². The zero-order valence-electron chi connectivity index (χ0n) is 10.9. The minimum atomic E-state index is 0.137. The van der Waals surface area contributed by atoms with Crippen molar-refractivity contribution in [1.82, 2.24) is 14.8 Å². The molecule has 1 aliphatic heterocycles. The van der Waals surface area contributed by atoms with Gasteiger partial charge in [0.1, 0.15) is 5.69 Å². The first-order valence-corrected chi connectivity index (χ1v) is 7.26. The molecule has 1 aromatic rings. The molecule has 0 aliphatic carbocycles. The fourth-order valence-electron chi connectivity index (χ4n) is 2.26. The molecule has 1 N–H and O–H groups in total. The molecule has 0 unspecified atom stereocenters. The van der Waals surface area contributed by atoms with Crippen LogP contribution in [0.2, 0.25) is 0 Å². The number of carbonyl (C=O) groups is 1. The van der Waals surface area contributed by atoms with Crippen molar-refractivity contribution in [1.29, 1.82) is 0 Å². The van der Waals surface area contributed by atoms with Crippen LogP contribution in [0.4, 0.5) is 0 Å². The molecule has 0 bridgehead atoms. The largest absolute Gasteiger partial charge is 0.340 e. The van der Waals surface area contributed by atoms with Gasteiger partial charge in [0.05, 0.1) is 0 Å². The van der Waals surface area contributed by atoms with Crippen molar-refractivity contribution in [2.45, 2.75) is 26.3 Å². The van der Waals surface area contributed by atoms with Gasteiger partial charge in [0.25, 0.3) is 5.91 Å². The number of amides is 1. The number of nitrogens with zero attached hydrogens (tertiary/aromatic N) is 2. The van der Waals surface area contributed by atoms with Crippen molar-refractivity contribution in [3.63, 3.8) is 0 Å². The average molecular weight is 314 g/mol. The highest BCUT2D eigenvalue weighted by molar-refractivity contribution is 9.10. The van der Waals surface area contributed by atoms with E-state index in [0.717, 1.165) is 42.8 Å². The lowest BCUT2D eigenvalue weighted by molar-refractivity contribution is 0.0754. The first kappa shape index (κ1) is 13.6. The van der Waals surface area contributed by atoms with Crippen molar-refractivity contribution in [3.05, 3.63) is 22.4 Å². The van der Waals surface area contributed by atoms with Crippen LogP contribution in [-0.2, 0) is 0 Å². The number of hydrogen-bond donors (Lipinski definition) is 1. The molecule has 0 saturated carbocycles. The highest BCUT2D eigenvalue weighted by Crippen LogP contribution is 2.21. The monoisotopic (exact) mass is 313 g/mol. The molecule has 1 aliphatic rings. The molecule has 1 amide bonds. The quantitative estimate of drug-likeness (QED) is 0.909. The number of rotatable bonds is 2. The third kappa shape index (κ3) is 2.95. The molecule has 1 saturated heterocycles. The van der Waals surface area contributed by atoms with E-state index >= 15 is 0 Å². The summed E-state index contributed by atoms with van der Waals surface area (Å²) < 4.78 is 3.00. The third-order valence-electron chi connectivity index (χ3n) is 3.22. The Morgan fingerprint density at radius 1 is 1.39 bits per heavy atom. The van der Waals surface area contributed by atoms with Crippen LogP contribution < -0.4 is 5.32 Å². The smallest absolute Gasteiger partial charge is 0.270 e. The van der Waals surface area contributed by atoms with Crippen molar-refractivity contribution in [2.75, 3.05) is 26.2 Å². The van der Waals surface area contributed by atoms with Gasteiger partial charge in [-0.2, -0.15) is 0 Å². The predicted octanol–water partition coefficient (Wildman–Crippen LogP) is 2.27. The third-order valence-corrected chi connectivity index (χ3v) is 3.65. The Hall–Kier alpha value is -0.810. The molecule has 1 aromatic heterocycles. The second-order valence-corrected chi connectivity index (χ2v) is 5.86. The van der Waals surface area contributed by atoms with Gasteiger partial charge in [0, 0.05) is 36.3 Å². The molecule has 4 nitrogen and oxygen atoms in total. The molecule has 5 heteroatoms. The van der Waals surface area contributed by atoms with Gasteiger partial charge in [0.2, 0.25) is 0 Å². The van der Waals surface area contributed by atoms with Gasteiger partial charge in [-0.15, -0.1) is 0 Å². The summed E-state index contributed by atoms with van der Waals surface area (Å²) >= 11 is 3.46. The molecule has 0 radical (unpaired) electrons. The maximum atomic E-state index is 12.5. The molecule has 0 atom stereocenters. The Labute approximate surface area is 116 Å². The fraction of sp³-hybridized carbons (Fsp3) is 0.615. The van der Waals surface area contributed by atoms with Crippen molar-refractivity contribution >= 4 is 21.8 Å². The van der Waals surface area contributed by atoms with Crippen LogP contribution in [-0.4, -0.2) is 41.6 Å². The van der Waals surface area contributed by atoms with E-state index in [4.69, 9.17) is 0 Å². The molecule has 0 spiro atoms. The topological polar surface area (TPSA) is 37.3 Å². The van der Waals surface area contributed by atoms with Crippen LogP contribution in [0.25, 0.3) is 0 Å². The van der Waals surface area contributed by atoms with Crippen molar-refractivity contribution in [3.8, 4) is 0 Å².